The van der Waals surface area contributed by atoms with E-state index in [1.165, 1.54) is 45.2 Å². The summed E-state index contributed by atoms with van der Waals surface area (Å²) < 4.78 is 1.04. The Morgan fingerprint density at radius 2 is 2.12 bits per heavy atom. The SMILES string of the molecule is Cc1c(C(=O)NC[C@H]2CCCN3CCCC[C@@H]23)[nH]c2ccc(Br)cc12. The Labute approximate surface area is 157 Å². The van der Waals surface area contributed by atoms with E-state index in [4.69, 9.17) is 0 Å². The van der Waals surface area contributed by atoms with Crippen LogP contribution < -0.4 is 5.32 Å². The maximum atomic E-state index is 12.8. The maximum Gasteiger partial charge on any atom is 0.268 e. The van der Waals surface area contributed by atoms with Crippen molar-refractivity contribution in [1.82, 2.24) is 15.2 Å². The Hall–Kier alpha value is -1.33. The number of fused-ring (bicyclic) bond motifs is 2. The smallest absolute Gasteiger partial charge is 0.268 e. The molecule has 25 heavy (non-hydrogen) atoms. The summed E-state index contributed by atoms with van der Waals surface area (Å²) in [6, 6.07) is 6.76. The molecule has 0 spiro atoms. The molecule has 1 amide bonds. The lowest BCUT2D eigenvalue weighted by molar-refractivity contribution is 0.0575. The molecule has 0 aliphatic carbocycles. The van der Waals surface area contributed by atoms with E-state index in [1.54, 1.807) is 0 Å². The molecule has 0 bridgehead atoms. The topological polar surface area (TPSA) is 48.1 Å². The number of benzene rings is 1. The fourth-order valence-corrected chi connectivity index (χ4v) is 5.01. The van der Waals surface area contributed by atoms with Gasteiger partial charge in [0, 0.05) is 28.0 Å². The Kier molecular flexibility index (Phi) is 4.87. The van der Waals surface area contributed by atoms with E-state index in [9.17, 15) is 4.79 Å². The molecular formula is C20H26BrN3O. The molecule has 0 saturated carbocycles. The van der Waals surface area contributed by atoms with Gasteiger partial charge in [-0.05, 0) is 75.4 Å². The summed E-state index contributed by atoms with van der Waals surface area (Å²) >= 11 is 3.51. The van der Waals surface area contributed by atoms with Crippen molar-refractivity contribution < 1.29 is 4.79 Å². The van der Waals surface area contributed by atoms with Crippen LogP contribution in [-0.4, -0.2) is 41.5 Å². The highest BCUT2D eigenvalue weighted by atomic mass is 79.9. The van der Waals surface area contributed by atoms with Crippen molar-refractivity contribution in [2.24, 2.45) is 5.92 Å². The second kappa shape index (κ2) is 7.12. The number of nitrogens with zero attached hydrogens (tertiary/aromatic N) is 1. The van der Waals surface area contributed by atoms with Crippen molar-refractivity contribution in [2.75, 3.05) is 19.6 Å². The Balaban J connectivity index is 1.46. The van der Waals surface area contributed by atoms with Crippen molar-refractivity contribution in [3.05, 3.63) is 33.9 Å². The zero-order chi connectivity index (χ0) is 17.4. The van der Waals surface area contributed by atoms with Crippen LogP contribution in [0.25, 0.3) is 10.9 Å². The highest BCUT2D eigenvalue weighted by Gasteiger charge is 2.33. The number of nitrogens with one attached hydrogen (secondary N) is 2. The molecule has 2 N–H and O–H groups in total. The first-order valence-electron chi connectivity index (χ1n) is 9.43. The van der Waals surface area contributed by atoms with E-state index >= 15 is 0 Å². The second-order valence-electron chi connectivity index (χ2n) is 7.53. The summed E-state index contributed by atoms with van der Waals surface area (Å²) in [6.07, 6.45) is 6.46. The van der Waals surface area contributed by atoms with Gasteiger partial charge < -0.3 is 15.2 Å². The fraction of sp³-hybridized carbons (Fsp3) is 0.550. The van der Waals surface area contributed by atoms with Crippen LogP contribution in [0.1, 0.15) is 48.2 Å². The molecular weight excluding hydrogens is 378 g/mol. The van der Waals surface area contributed by atoms with Crippen molar-refractivity contribution >= 4 is 32.7 Å². The summed E-state index contributed by atoms with van der Waals surface area (Å²) in [4.78, 5) is 18.7. The van der Waals surface area contributed by atoms with Gasteiger partial charge in [-0.2, -0.15) is 0 Å². The molecule has 2 aliphatic rings. The summed E-state index contributed by atoms with van der Waals surface area (Å²) in [5.41, 5.74) is 2.74. The summed E-state index contributed by atoms with van der Waals surface area (Å²) in [5, 5.41) is 4.32. The molecule has 0 radical (unpaired) electrons. The van der Waals surface area contributed by atoms with Gasteiger partial charge in [-0.15, -0.1) is 0 Å². The first kappa shape index (κ1) is 17.1. The van der Waals surface area contributed by atoms with Gasteiger partial charge in [0.15, 0.2) is 0 Å². The number of aromatic nitrogens is 1. The number of H-pyrrole nitrogens is 1. The van der Waals surface area contributed by atoms with Gasteiger partial charge in [0.25, 0.3) is 5.91 Å². The van der Waals surface area contributed by atoms with Crippen LogP contribution in [-0.2, 0) is 0 Å². The molecule has 0 unspecified atom stereocenters. The Bertz CT molecular complexity index is 783. The van der Waals surface area contributed by atoms with Gasteiger partial charge in [0.05, 0.1) is 0 Å². The first-order valence-corrected chi connectivity index (χ1v) is 10.2. The molecule has 3 heterocycles. The molecule has 2 aromatic rings. The number of piperidine rings is 2. The van der Waals surface area contributed by atoms with E-state index in [2.05, 4.69) is 37.2 Å². The fourth-order valence-electron chi connectivity index (χ4n) is 4.65. The van der Waals surface area contributed by atoms with Crippen LogP contribution in [0.5, 0.6) is 0 Å². The highest BCUT2D eigenvalue weighted by molar-refractivity contribution is 9.10. The van der Waals surface area contributed by atoms with Gasteiger partial charge in [0.1, 0.15) is 5.69 Å². The lowest BCUT2D eigenvalue weighted by Crippen LogP contribution is -2.51. The molecule has 2 saturated heterocycles. The molecule has 2 aliphatic heterocycles. The average molecular weight is 404 g/mol. The molecule has 5 heteroatoms. The highest BCUT2D eigenvalue weighted by Crippen LogP contribution is 2.30. The van der Waals surface area contributed by atoms with Gasteiger partial charge in [-0.1, -0.05) is 22.4 Å². The number of aromatic amines is 1. The molecule has 1 aromatic carbocycles. The Morgan fingerprint density at radius 3 is 3.00 bits per heavy atom. The zero-order valence-corrected chi connectivity index (χ0v) is 16.4. The van der Waals surface area contributed by atoms with Crippen molar-refractivity contribution in [3.8, 4) is 0 Å². The molecule has 4 rings (SSSR count). The number of amides is 1. The third kappa shape index (κ3) is 3.36. The first-order chi connectivity index (χ1) is 12.1. The third-order valence-corrected chi connectivity index (χ3v) is 6.49. The minimum atomic E-state index is 0.0257. The quantitative estimate of drug-likeness (QED) is 0.804. The predicted octanol–water partition coefficient (Wildman–Crippen LogP) is 4.23. The van der Waals surface area contributed by atoms with Crippen LogP contribution in [0, 0.1) is 12.8 Å². The number of rotatable bonds is 3. The van der Waals surface area contributed by atoms with Gasteiger partial charge in [0.2, 0.25) is 0 Å². The number of hydrogen-bond acceptors (Lipinski definition) is 2. The van der Waals surface area contributed by atoms with Gasteiger partial charge in [-0.3, -0.25) is 4.79 Å². The van der Waals surface area contributed by atoms with Gasteiger partial charge in [-0.25, -0.2) is 0 Å². The van der Waals surface area contributed by atoms with Crippen LogP contribution >= 0.6 is 15.9 Å². The normalized spacial score (nSPS) is 24.2. The van der Waals surface area contributed by atoms with E-state index in [0.717, 1.165) is 27.5 Å². The lowest BCUT2D eigenvalue weighted by Gasteiger charge is -2.44. The van der Waals surface area contributed by atoms with E-state index < -0.39 is 0 Å². The zero-order valence-electron chi connectivity index (χ0n) is 14.8. The predicted molar refractivity (Wildman–Crippen MR) is 105 cm³/mol. The number of halogens is 1. The molecule has 2 fully saturated rings. The number of carbonyl (C=O) groups excluding carboxylic acids is 1. The minimum Gasteiger partial charge on any atom is -0.350 e. The molecule has 134 valence electrons. The van der Waals surface area contributed by atoms with Crippen LogP contribution in [0.3, 0.4) is 0 Å². The van der Waals surface area contributed by atoms with Crippen molar-refractivity contribution in [1.29, 1.82) is 0 Å². The molecule has 4 nitrogen and oxygen atoms in total. The summed E-state index contributed by atoms with van der Waals surface area (Å²) in [7, 11) is 0. The largest absolute Gasteiger partial charge is 0.350 e. The standard InChI is InChI=1S/C20H26BrN3O/c1-13-16-11-15(21)7-8-17(16)23-19(13)20(25)22-12-14-5-4-10-24-9-3-2-6-18(14)24/h7-8,11,14,18,23H,2-6,9-10,12H2,1H3,(H,22,25)/t14-,18+/m1/s1. The van der Waals surface area contributed by atoms with Crippen LogP contribution in [0.4, 0.5) is 0 Å². The average Bonchev–Trinajstić information content (AvgIpc) is 2.96. The lowest BCUT2D eigenvalue weighted by atomic mass is 9.83. The maximum absolute atomic E-state index is 12.8. The minimum absolute atomic E-state index is 0.0257. The number of aryl methyl sites for hydroxylation is 1. The van der Waals surface area contributed by atoms with E-state index in [1.807, 2.05) is 19.1 Å². The summed E-state index contributed by atoms with van der Waals surface area (Å²) in [5.74, 6) is 0.620. The summed E-state index contributed by atoms with van der Waals surface area (Å²) in [6.45, 7) is 5.29. The van der Waals surface area contributed by atoms with Crippen molar-refractivity contribution in [2.45, 2.75) is 45.1 Å². The van der Waals surface area contributed by atoms with E-state index in [0.29, 0.717) is 17.7 Å². The monoisotopic (exact) mass is 403 g/mol. The second-order valence-corrected chi connectivity index (χ2v) is 8.44. The molecule has 2 atom stereocenters. The molecule has 1 aromatic heterocycles. The third-order valence-electron chi connectivity index (χ3n) is 6.00. The van der Waals surface area contributed by atoms with Crippen molar-refractivity contribution in [3.63, 3.8) is 0 Å². The van der Waals surface area contributed by atoms with E-state index in [-0.39, 0.29) is 5.91 Å². The Morgan fingerprint density at radius 1 is 1.28 bits per heavy atom. The van der Waals surface area contributed by atoms with Crippen LogP contribution in [0.2, 0.25) is 0 Å². The number of carbonyl (C=O) groups is 1. The van der Waals surface area contributed by atoms with Crippen LogP contribution in [0.15, 0.2) is 22.7 Å². The van der Waals surface area contributed by atoms with Gasteiger partial charge >= 0.3 is 0 Å². The number of hydrogen-bond donors (Lipinski definition) is 2.